The molecular weight excluding hydrogens is 325 g/mol. The van der Waals surface area contributed by atoms with Gasteiger partial charge in [-0.3, -0.25) is 0 Å². The van der Waals surface area contributed by atoms with Crippen LogP contribution in [-0.4, -0.2) is 25.7 Å². The minimum absolute atomic E-state index is 0.0347. The molecule has 0 spiro atoms. The van der Waals surface area contributed by atoms with Gasteiger partial charge in [0.2, 0.25) is 10.0 Å². The number of benzene rings is 1. The fourth-order valence-electron chi connectivity index (χ4n) is 1.72. The van der Waals surface area contributed by atoms with E-state index in [1.165, 1.54) is 12.1 Å². The first-order chi connectivity index (χ1) is 8.32. The summed E-state index contributed by atoms with van der Waals surface area (Å²) in [5, 5.41) is 9.81. The highest BCUT2D eigenvalue weighted by Crippen LogP contribution is 2.31. The van der Waals surface area contributed by atoms with Gasteiger partial charge in [0.1, 0.15) is 5.82 Å². The molecule has 0 aliphatic heterocycles. The largest absolute Gasteiger partial charge is 0.389 e. The van der Waals surface area contributed by atoms with Crippen LogP contribution in [0.25, 0.3) is 0 Å². The Balaban J connectivity index is 2.12. The van der Waals surface area contributed by atoms with Crippen LogP contribution < -0.4 is 4.72 Å². The molecule has 1 aliphatic carbocycles. The van der Waals surface area contributed by atoms with Crippen LogP contribution in [0.3, 0.4) is 0 Å². The zero-order valence-electron chi connectivity index (χ0n) is 9.49. The van der Waals surface area contributed by atoms with Crippen molar-refractivity contribution in [3.63, 3.8) is 0 Å². The maximum absolute atomic E-state index is 13.3. The lowest BCUT2D eigenvalue weighted by molar-refractivity contribution is -0.0270. The first-order valence-electron chi connectivity index (χ1n) is 5.50. The Labute approximate surface area is 113 Å². The zero-order chi connectivity index (χ0) is 13.4. The molecule has 1 saturated carbocycles. The van der Waals surface area contributed by atoms with Crippen molar-refractivity contribution in [3.8, 4) is 0 Å². The van der Waals surface area contributed by atoms with Crippen LogP contribution in [0, 0.1) is 5.82 Å². The monoisotopic (exact) mass is 337 g/mol. The van der Waals surface area contributed by atoms with Gasteiger partial charge in [-0.15, -0.1) is 0 Å². The van der Waals surface area contributed by atoms with Crippen molar-refractivity contribution in [3.05, 3.63) is 28.5 Å². The second kappa shape index (κ2) is 4.88. The predicted molar refractivity (Wildman–Crippen MR) is 68.1 cm³/mol. The summed E-state index contributed by atoms with van der Waals surface area (Å²) in [5.41, 5.74) is -0.943. The van der Waals surface area contributed by atoms with Crippen LogP contribution in [0.15, 0.2) is 27.6 Å². The summed E-state index contributed by atoms with van der Waals surface area (Å²) >= 11 is 2.96. The van der Waals surface area contributed by atoms with Gasteiger partial charge in [-0.05, 0) is 53.4 Å². The maximum atomic E-state index is 13.3. The molecule has 1 fully saturated rings. The number of aliphatic hydroxyl groups is 1. The van der Waals surface area contributed by atoms with Gasteiger partial charge in [-0.2, -0.15) is 0 Å². The molecule has 0 aromatic heterocycles. The van der Waals surface area contributed by atoms with Gasteiger partial charge in [0.05, 0.1) is 15.0 Å². The summed E-state index contributed by atoms with van der Waals surface area (Å²) in [7, 11) is -3.78. The molecule has 0 radical (unpaired) electrons. The Morgan fingerprint density at radius 1 is 1.44 bits per heavy atom. The van der Waals surface area contributed by atoms with Gasteiger partial charge < -0.3 is 5.11 Å². The van der Waals surface area contributed by atoms with Gasteiger partial charge in [0.15, 0.2) is 0 Å². The van der Waals surface area contributed by atoms with Crippen molar-refractivity contribution < 1.29 is 17.9 Å². The van der Waals surface area contributed by atoms with Gasteiger partial charge in [-0.1, -0.05) is 0 Å². The van der Waals surface area contributed by atoms with E-state index in [1.54, 1.807) is 0 Å². The van der Waals surface area contributed by atoms with E-state index < -0.39 is 21.4 Å². The molecule has 1 aromatic rings. The summed E-state index contributed by atoms with van der Waals surface area (Å²) < 4.78 is 39.5. The molecule has 0 atom stereocenters. The number of halogens is 2. The zero-order valence-corrected chi connectivity index (χ0v) is 11.9. The Bertz CT molecular complexity index is 557. The summed E-state index contributed by atoms with van der Waals surface area (Å²) in [4.78, 5) is -0.147. The van der Waals surface area contributed by atoms with Crippen molar-refractivity contribution in [2.45, 2.75) is 29.8 Å². The SMILES string of the molecule is O=S(=O)(NCC1(O)CCC1)c1ccc(Br)c(F)c1. The Morgan fingerprint density at radius 2 is 2.11 bits per heavy atom. The molecule has 0 heterocycles. The van der Waals surface area contributed by atoms with Crippen molar-refractivity contribution in [2.24, 2.45) is 0 Å². The number of hydrogen-bond acceptors (Lipinski definition) is 3. The van der Waals surface area contributed by atoms with E-state index in [9.17, 15) is 17.9 Å². The van der Waals surface area contributed by atoms with E-state index in [1.807, 2.05) is 0 Å². The van der Waals surface area contributed by atoms with E-state index >= 15 is 0 Å². The van der Waals surface area contributed by atoms with Gasteiger partial charge in [-0.25, -0.2) is 17.5 Å². The Hall–Kier alpha value is -0.500. The van der Waals surface area contributed by atoms with Gasteiger partial charge >= 0.3 is 0 Å². The van der Waals surface area contributed by atoms with E-state index in [0.29, 0.717) is 12.8 Å². The number of hydrogen-bond donors (Lipinski definition) is 2. The fraction of sp³-hybridized carbons (Fsp3) is 0.455. The maximum Gasteiger partial charge on any atom is 0.240 e. The third kappa shape index (κ3) is 2.90. The molecule has 1 aromatic carbocycles. The molecule has 2 rings (SSSR count). The molecule has 2 N–H and O–H groups in total. The summed E-state index contributed by atoms with van der Waals surface area (Å²) in [6.45, 7) is -0.0347. The second-order valence-electron chi connectivity index (χ2n) is 4.48. The van der Waals surface area contributed by atoms with Crippen LogP contribution in [-0.2, 0) is 10.0 Å². The van der Waals surface area contributed by atoms with Crippen molar-refractivity contribution in [2.75, 3.05) is 6.54 Å². The van der Waals surface area contributed by atoms with E-state index in [2.05, 4.69) is 20.7 Å². The normalized spacial score (nSPS) is 18.4. The minimum atomic E-state index is -3.78. The molecule has 7 heteroatoms. The molecule has 100 valence electrons. The lowest BCUT2D eigenvalue weighted by atomic mass is 9.81. The van der Waals surface area contributed by atoms with Crippen LogP contribution in [0.2, 0.25) is 0 Å². The fourth-order valence-corrected chi connectivity index (χ4v) is 3.10. The molecule has 1 aliphatic rings. The first-order valence-corrected chi connectivity index (χ1v) is 7.77. The molecule has 0 bridgehead atoms. The summed E-state index contributed by atoms with van der Waals surface area (Å²) in [5.74, 6) is -0.639. The van der Waals surface area contributed by atoms with Gasteiger partial charge in [0.25, 0.3) is 0 Å². The smallest absolute Gasteiger partial charge is 0.240 e. The minimum Gasteiger partial charge on any atom is -0.389 e. The highest BCUT2D eigenvalue weighted by Gasteiger charge is 2.35. The lowest BCUT2D eigenvalue weighted by Crippen LogP contribution is -2.47. The second-order valence-corrected chi connectivity index (χ2v) is 7.10. The van der Waals surface area contributed by atoms with Crippen LogP contribution >= 0.6 is 15.9 Å². The van der Waals surface area contributed by atoms with Crippen LogP contribution in [0.4, 0.5) is 4.39 Å². The van der Waals surface area contributed by atoms with Gasteiger partial charge in [0, 0.05) is 6.54 Å². The van der Waals surface area contributed by atoms with E-state index in [0.717, 1.165) is 12.5 Å². The molecule has 0 unspecified atom stereocenters. The third-order valence-electron chi connectivity index (χ3n) is 3.08. The number of nitrogens with one attached hydrogen (secondary N) is 1. The lowest BCUT2D eigenvalue weighted by Gasteiger charge is -2.36. The molecular formula is C11H13BrFNO3S. The molecule has 0 saturated heterocycles. The Morgan fingerprint density at radius 3 is 2.61 bits per heavy atom. The topological polar surface area (TPSA) is 66.4 Å². The Kier molecular flexibility index (Phi) is 3.77. The average Bonchev–Trinajstić information content (AvgIpc) is 2.27. The van der Waals surface area contributed by atoms with E-state index in [4.69, 9.17) is 0 Å². The number of sulfonamides is 1. The summed E-state index contributed by atoms with van der Waals surface area (Å²) in [6, 6.07) is 3.58. The molecule has 4 nitrogen and oxygen atoms in total. The standard InChI is InChI=1S/C11H13BrFNO3S/c12-9-3-2-8(6-10(9)13)18(16,17)14-7-11(15)4-1-5-11/h2-3,6,14-15H,1,4-5,7H2. The van der Waals surface area contributed by atoms with Crippen molar-refractivity contribution in [1.29, 1.82) is 0 Å². The highest BCUT2D eigenvalue weighted by molar-refractivity contribution is 9.10. The van der Waals surface area contributed by atoms with E-state index in [-0.39, 0.29) is 15.9 Å². The van der Waals surface area contributed by atoms with Crippen LogP contribution in [0.5, 0.6) is 0 Å². The third-order valence-corrected chi connectivity index (χ3v) is 5.12. The first kappa shape index (κ1) is 13.9. The summed E-state index contributed by atoms with van der Waals surface area (Å²) in [6.07, 6.45) is 2.07. The molecule has 18 heavy (non-hydrogen) atoms. The number of rotatable bonds is 4. The molecule has 0 amide bonds. The highest BCUT2D eigenvalue weighted by atomic mass is 79.9. The van der Waals surface area contributed by atoms with Crippen LogP contribution in [0.1, 0.15) is 19.3 Å². The average molecular weight is 338 g/mol. The quantitative estimate of drug-likeness (QED) is 0.880. The van der Waals surface area contributed by atoms with Crippen molar-refractivity contribution in [1.82, 2.24) is 4.72 Å². The predicted octanol–water partition coefficient (Wildman–Crippen LogP) is 1.78. The van der Waals surface area contributed by atoms with Crippen molar-refractivity contribution >= 4 is 26.0 Å².